The fraction of sp³-hybridized carbons (Fsp3) is 0.538. The SMILES string of the molecule is Fc1ccc(CNC2CCCOCC2)cc1F. The first-order valence-corrected chi connectivity index (χ1v) is 6.01. The Kier molecular flexibility index (Phi) is 4.45. The molecule has 0 amide bonds. The second kappa shape index (κ2) is 6.07. The minimum absolute atomic E-state index is 0.408. The van der Waals surface area contributed by atoms with Crippen LogP contribution >= 0.6 is 0 Å². The van der Waals surface area contributed by atoms with Gasteiger partial charge in [-0.2, -0.15) is 0 Å². The average molecular weight is 241 g/mol. The molecule has 2 rings (SSSR count). The zero-order valence-corrected chi connectivity index (χ0v) is 9.72. The van der Waals surface area contributed by atoms with Gasteiger partial charge in [0, 0.05) is 25.8 Å². The van der Waals surface area contributed by atoms with Crippen LogP contribution in [0.1, 0.15) is 24.8 Å². The van der Waals surface area contributed by atoms with Gasteiger partial charge in [0.25, 0.3) is 0 Å². The number of rotatable bonds is 3. The molecule has 1 unspecified atom stereocenters. The van der Waals surface area contributed by atoms with Gasteiger partial charge in [0.05, 0.1) is 0 Å². The van der Waals surface area contributed by atoms with Crippen molar-refractivity contribution in [2.45, 2.75) is 31.8 Å². The summed E-state index contributed by atoms with van der Waals surface area (Å²) >= 11 is 0. The first kappa shape index (κ1) is 12.5. The highest BCUT2D eigenvalue weighted by Crippen LogP contribution is 2.11. The molecule has 94 valence electrons. The summed E-state index contributed by atoms with van der Waals surface area (Å²) in [4.78, 5) is 0. The topological polar surface area (TPSA) is 21.3 Å². The van der Waals surface area contributed by atoms with Crippen LogP contribution in [0.3, 0.4) is 0 Å². The van der Waals surface area contributed by atoms with E-state index in [0.717, 1.165) is 38.0 Å². The number of hydrogen-bond donors (Lipinski definition) is 1. The summed E-state index contributed by atoms with van der Waals surface area (Å²) in [7, 11) is 0. The van der Waals surface area contributed by atoms with E-state index in [4.69, 9.17) is 4.74 Å². The summed E-state index contributed by atoms with van der Waals surface area (Å²) in [6, 6.07) is 4.43. The maximum absolute atomic E-state index is 13.0. The smallest absolute Gasteiger partial charge is 0.159 e. The minimum Gasteiger partial charge on any atom is -0.381 e. The number of hydrogen-bond acceptors (Lipinski definition) is 2. The Bertz CT molecular complexity index is 362. The van der Waals surface area contributed by atoms with Gasteiger partial charge in [0.1, 0.15) is 0 Å². The van der Waals surface area contributed by atoms with Crippen LogP contribution in [0.5, 0.6) is 0 Å². The van der Waals surface area contributed by atoms with Crippen molar-refractivity contribution in [2.75, 3.05) is 13.2 Å². The Labute approximate surface area is 100.0 Å². The molecule has 2 nitrogen and oxygen atoms in total. The molecule has 0 bridgehead atoms. The van der Waals surface area contributed by atoms with Gasteiger partial charge in [0.2, 0.25) is 0 Å². The normalized spacial score (nSPS) is 21.2. The van der Waals surface area contributed by atoms with E-state index < -0.39 is 11.6 Å². The summed E-state index contributed by atoms with van der Waals surface area (Å²) < 4.78 is 31.1. The highest BCUT2D eigenvalue weighted by Gasteiger charge is 2.12. The molecular formula is C13H17F2NO. The molecule has 1 aliphatic heterocycles. The van der Waals surface area contributed by atoms with Gasteiger partial charge in [-0.25, -0.2) is 8.78 Å². The quantitative estimate of drug-likeness (QED) is 0.878. The number of benzene rings is 1. The second-order valence-electron chi connectivity index (χ2n) is 4.37. The minimum atomic E-state index is -0.795. The molecule has 0 spiro atoms. The summed E-state index contributed by atoms with van der Waals surface area (Å²) in [5, 5.41) is 3.36. The predicted molar refractivity (Wildman–Crippen MR) is 61.7 cm³/mol. The highest BCUT2D eigenvalue weighted by atomic mass is 19.2. The van der Waals surface area contributed by atoms with Crippen LogP contribution in [0.2, 0.25) is 0 Å². The molecular weight excluding hydrogens is 224 g/mol. The third-order valence-corrected chi connectivity index (χ3v) is 3.03. The molecule has 0 saturated carbocycles. The van der Waals surface area contributed by atoms with Crippen molar-refractivity contribution in [3.63, 3.8) is 0 Å². The molecule has 1 aromatic rings. The summed E-state index contributed by atoms with van der Waals surface area (Å²) in [6.45, 7) is 2.17. The van der Waals surface area contributed by atoms with Gasteiger partial charge in [-0.1, -0.05) is 6.07 Å². The fourth-order valence-electron chi connectivity index (χ4n) is 2.02. The van der Waals surface area contributed by atoms with Gasteiger partial charge in [-0.05, 0) is 37.0 Å². The van der Waals surface area contributed by atoms with Gasteiger partial charge in [-0.15, -0.1) is 0 Å². The largest absolute Gasteiger partial charge is 0.381 e. The molecule has 1 aliphatic rings. The molecule has 1 N–H and O–H groups in total. The molecule has 0 aromatic heterocycles. The van der Waals surface area contributed by atoms with E-state index in [9.17, 15) is 8.78 Å². The molecule has 0 radical (unpaired) electrons. The predicted octanol–water partition coefficient (Wildman–Crippen LogP) is 2.62. The zero-order valence-electron chi connectivity index (χ0n) is 9.72. The number of nitrogens with one attached hydrogen (secondary N) is 1. The van der Waals surface area contributed by atoms with Crippen LogP contribution in [-0.4, -0.2) is 19.3 Å². The van der Waals surface area contributed by atoms with Gasteiger partial charge in [-0.3, -0.25) is 0 Å². The average Bonchev–Trinajstić information content (AvgIpc) is 2.59. The van der Waals surface area contributed by atoms with Crippen molar-refractivity contribution in [3.8, 4) is 0 Å². The van der Waals surface area contributed by atoms with Crippen molar-refractivity contribution in [1.82, 2.24) is 5.32 Å². The molecule has 1 fully saturated rings. The van der Waals surface area contributed by atoms with E-state index >= 15 is 0 Å². The first-order chi connectivity index (χ1) is 8.25. The molecule has 1 atom stereocenters. The Balaban J connectivity index is 1.85. The van der Waals surface area contributed by atoms with Crippen LogP contribution in [0.15, 0.2) is 18.2 Å². The fourth-order valence-corrected chi connectivity index (χ4v) is 2.02. The van der Waals surface area contributed by atoms with Crippen molar-refractivity contribution in [1.29, 1.82) is 0 Å². The lowest BCUT2D eigenvalue weighted by molar-refractivity contribution is 0.142. The molecule has 1 heterocycles. The third-order valence-electron chi connectivity index (χ3n) is 3.03. The monoisotopic (exact) mass is 241 g/mol. The van der Waals surface area contributed by atoms with Gasteiger partial charge in [0.15, 0.2) is 11.6 Å². The van der Waals surface area contributed by atoms with Crippen LogP contribution < -0.4 is 5.32 Å². The third kappa shape index (κ3) is 3.75. The van der Waals surface area contributed by atoms with E-state index in [1.807, 2.05) is 0 Å². The van der Waals surface area contributed by atoms with Crippen molar-refractivity contribution in [2.24, 2.45) is 0 Å². The van der Waals surface area contributed by atoms with E-state index in [1.165, 1.54) is 12.1 Å². The van der Waals surface area contributed by atoms with Crippen LogP contribution in [0, 0.1) is 11.6 Å². The number of ether oxygens (including phenoxy) is 1. The molecule has 0 aliphatic carbocycles. The van der Waals surface area contributed by atoms with Gasteiger partial charge >= 0.3 is 0 Å². The Hall–Kier alpha value is -1.00. The molecule has 1 saturated heterocycles. The Morgan fingerprint density at radius 1 is 1.18 bits per heavy atom. The van der Waals surface area contributed by atoms with Crippen molar-refractivity contribution in [3.05, 3.63) is 35.4 Å². The van der Waals surface area contributed by atoms with E-state index in [1.54, 1.807) is 6.07 Å². The highest BCUT2D eigenvalue weighted by molar-refractivity contribution is 5.17. The van der Waals surface area contributed by atoms with Crippen LogP contribution in [0.4, 0.5) is 8.78 Å². The lowest BCUT2D eigenvalue weighted by atomic mass is 10.1. The Morgan fingerprint density at radius 3 is 2.88 bits per heavy atom. The summed E-state index contributed by atoms with van der Waals surface area (Å²) in [5.41, 5.74) is 0.772. The van der Waals surface area contributed by atoms with Crippen LogP contribution in [-0.2, 0) is 11.3 Å². The number of halogens is 2. The lowest BCUT2D eigenvalue weighted by Crippen LogP contribution is -2.28. The van der Waals surface area contributed by atoms with E-state index in [2.05, 4.69) is 5.32 Å². The maximum Gasteiger partial charge on any atom is 0.159 e. The maximum atomic E-state index is 13.0. The van der Waals surface area contributed by atoms with Crippen LogP contribution in [0.25, 0.3) is 0 Å². The molecule has 4 heteroatoms. The van der Waals surface area contributed by atoms with E-state index in [-0.39, 0.29) is 0 Å². The zero-order chi connectivity index (χ0) is 12.1. The second-order valence-corrected chi connectivity index (χ2v) is 4.37. The molecule has 17 heavy (non-hydrogen) atoms. The first-order valence-electron chi connectivity index (χ1n) is 6.01. The van der Waals surface area contributed by atoms with Crippen molar-refractivity contribution >= 4 is 0 Å². The standard InChI is InChI=1S/C13H17F2NO/c14-12-4-3-10(8-13(12)15)9-16-11-2-1-6-17-7-5-11/h3-4,8,11,16H,1-2,5-7,9H2. The Morgan fingerprint density at radius 2 is 2.06 bits per heavy atom. The van der Waals surface area contributed by atoms with Gasteiger partial charge < -0.3 is 10.1 Å². The summed E-state index contributed by atoms with van der Waals surface area (Å²) in [5.74, 6) is -1.58. The van der Waals surface area contributed by atoms with E-state index in [0.29, 0.717) is 12.6 Å². The lowest BCUT2D eigenvalue weighted by Gasteiger charge is -2.15. The van der Waals surface area contributed by atoms with Crippen molar-refractivity contribution < 1.29 is 13.5 Å². The molecule has 1 aromatic carbocycles. The summed E-state index contributed by atoms with van der Waals surface area (Å²) in [6.07, 6.45) is 3.10.